The van der Waals surface area contributed by atoms with Gasteiger partial charge < -0.3 is 29.2 Å². The van der Waals surface area contributed by atoms with Crippen molar-refractivity contribution in [2.45, 2.75) is 56.3 Å². The van der Waals surface area contributed by atoms with Gasteiger partial charge in [-0.15, -0.1) is 10.2 Å². The number of nitrogens with zero attached hydrogens (tertiary/aromatic N) is 6. The fourth-order valence-corrected chi connectivity index (χ4v) is 4.55. The van der Waals surface area contributed by atoms with Gasteiger partial charge in [0.25, 0.3) is 0 Å². The van der Waals surface area contributed by atoms with Gasteiger partial charge in [0.15, 0.2) is 6.29 Å². The summed E-state index contributed by atoms with van der Waals surface area (Å²) in [6.45, 7) is -0.991. The van der Waals surface area contributed by atoms with E-state index in [9.17, 15) is 36.6 Å². The zero-order valence-electron chi connectivity index (χ0n) is 23.3. The summed E-state index contributed by atoms with van der Waals surface area (Å²) >= 11 is 0. The van der Waals surface area contributed by atoms with E-state index < -0.39 is 60.8 Å². The number of benzene rings is 2. The lowest BCUT2D eigenvalue weighted by Gasteiger charge is -2.43. The molecule has 12 nitrogen and oxygen atoms in total. The molecule has 0 spiro atoms. The molecule has 2 N–H and O–H groups in total. The van der Waals surface area contributed by atoms with Gasteiger partial charge in [-0.25, -0.2) is 9.36 Å². The van der Waals surface area contributed by atoms with Gasteiger partial charge in [-0.1, -0.05) is 10.4 Å². The quantitative estimate of drug-likeness (QED) is 0.248. The molecular weight excluding hydrogens is 618 g/mol. The molecule has 0 saturated carbocycles. The van der Waals surface area contributed by atoms with Crippen LogP contribution < -0.4 is 0 Å². The van der Waals surface area contributed by atoms with Crippen LogP contribution in [0.1, 0.15) is 22.5 Å². The summed E-state index contributed by atoms with van der Waals surface area (Å²) in [5, 5.41) is 36.4. The maximum absolute atomic E-state index is 12.9. The number of alkyl halides is 6. The summed E-state index contributed by atoms with van der Waals surface area (Å²) < 4.78 is 103. The second-order valence-electron chi connectivity index (χ2n) is 9.90. The molecule has 4 aromatic rings. The highest BCUT2D eigenvalue weighted by Crippen LogP contribution is 2.31. The molecule has 1 aliphatic rings. The Labute approximate surface area is 250 Å². The third-order valence-electron chi connectivity index (χ3n) is 6.88. The van der Waals surface area contributed by atoms with Crippen LogP contribution in [0.5, 0.6) is 0 Å². The summed E-state index contributed by atoms with van der Waals surface area (Å²) in [5.74, 6) is 0. The van der Waals surface area contributed by atoms with Gasteiger partial charge in [0.1, 0.15) is 35.8 Å². The summed E-state index contributed by atoms with van der Waals surface area (Å²) in [7, 11) is 1.32. The number of halogens is 6. The first-order chi connectivity index (χ1) is 21.4. The van der Waals surface area contributed by atoms with Crippen molar-refractivity contribution in [2.24, 2.45) is 0 Å². The maximum Gasteiger partial charge on any atom is 0.416 e. The molecule has 242 valence electrons. The molecule has 3 heterocycles. The van der Waals surface area contributed by atoms with E-state index in [4.69, 9.17) is 18.9 Å². The van der Waals surface area contributed by atoms with E-state index in [0.29, 0.717) is 11.4 Å². The highest BCUT2D eigenvalue weighted by Gasteiger charge is 2.47. The Hall–Kier alpha value is -3.94. The van der Waals surface area contributed by atoms with Gasteiger partial charge in [0, 0.05) is 7.11 Å². The molecule has 1 saturated heterocycles. The maximum atomic E-state index is 12.9. The van der Waals surface area contributed by atoms with E-state index in [1.54, 1.807) is 0 Å². The summed E-state index contributed by atoms with van der Waals surface area (Å²) in [6, 6.07) is 8.60. The average Bonchev–Trinajstić information content (AvgIpc) is 3.69. The van der Waals surface area contributed by atoms with Gasteiger partial charge in [-0.3, -0.25) is 0 Å². The molecule has 0 aliphatic carbocycles. The average molecular weight is 645 g/mol. The van der Waals surface area contributed by atoms with Crippen LogP contribution in [0.3, 0.4) is 0 Å². The van der Waals surface area contributed by atoms with Crippen LogP contribution >= 0.6 is 0 Å². The van der Waals surface area contributed by atoms with E-state index in [1.807, 2.05) is 0 Å². The van der Waals surface area contributed by atoms with Crippen molar-refractivity contribution in [1.29, 1.82) is 0 Å². The molecule has 0 amide bonds. The SMILES string of the molecule is CO[C@@H]1OC(CO)[C@H](O)[C@H](OCc2cn(-c3ccc(C(F)(F)F)cc3)nn2)C1OCc1cn(-c2ccc(C(F)(F)F)cc2)nn1. The predicted molar refractivity (Wildman–Crippen MR) is 139 cm³/mol. The van der Waals surface area contributed by atoms with Gasteiger partial charge in [-0.05, 0) is 48.5 Å². The molecule has 0 bridgehead atoms. The molecule has 1 aliphatic heterocycles. The minimum Gasteiger partial charge on any atom is -0.394 e. The third kappa shape index (κ3) is 7.48. The number of ether oxygens (including phenoxy) is 4. The predicted octanol–water partition coefficient (Wildman–Crippen LogP) is 3.08. The van der Waals surface area contributed by atoms with Crippen molar-refractivity contribution in [1.82, 2.24) is 30.0 Å². The zero-order valence-corrected chi connectivity index (χ0v) is 23.3. The van der Waals surface area contributed by atoms with Crippen LogP contribution in [0.15, 0.2) is 60.9 Å². The minimum absolute atomic E-state index is 0.199. The molecule has 2 aromatic carbocycles. The van der Waals surface area contributed by atoms with E-state index in [2.05, 4.69) is 20.6 Å². The smallest absolute Gasteiger partial charge is 0.394 e. The molecule has 0 radical (unpaired) electrons. The van der Waals surface area contributed by atoms with Gasteiger partial charge >= 0.3 is 12.4 Å². The zero-order chi connectivity index (χ0) is 32.4. The number of hydrogen-bond donors (Lipinski definition) is 2. The number of aliphatic hydroxyl groups excluding tert-OH is 2. The van der Waals surface area contributed by atoms with Crippen molar-refractivity contribution in [3.63, 3.8) is 0 Å². The summed E-state index contributed by atoms with van der Waals surface area (Å²) in [5.41, 5.74) is -0.445. The normalized spacial score (nSPS) is 22.6. The fourth-order valence-electron chi connectivity index (χ4n) is 4.55. The highest BCUT2D eigenvalue weighted by molar-refractivity contribution is 5.35. The first-order valence-corrected chi connectivity index (χ1v) is 13.3. The van der Waals surface area contributed by atoms with Crippen molar-refractivity contribution < 1.29 is 55.5 Å². The Bertz CT molecular complexity index is 1550. The number of hydrogen-bond acceptors (Lipinski definition) is 10. The number of methoxy groups -OCH3 is 1. The standard InChI is InChI=1S/C27H26F6N6O6/c1-42-25-24(44-14-18-11-39(37-35-18)20-8-4-16(5-9-20)27(31,32)33)23(22(41)21(12-40)45-25)43-13-17-10-38(36-34-17)19-6-2-15(3-7-19)26(28,29)30/h2-11,21-25,40-41H,12-14H2,1H3/t21?,22-,23-,24?,25+/m0/s1. The Morgan fingerprint density at radius 3 is 1.60 bits per heavy atom. The Morgan fingerprint density at radius 2 is 1.20 bits per heavy atom. The van der Waals surface area contributed by atoms with Crippen molar-refractivity contribution in [3.8, 4) is 11.4 Å². The lowest BCUT2D eigenvalue weighted by Crippen LogP contribution is -2.60. The van der Waals surface area contributed by atoms with Crippen LogP contribution in [0.25, 0.3) is 11.4 Å². The van der Waals surface area contributed by atoms with Crippen molar-refractivity contribution >= 4 is 0 Å². The van der Waals surface area contributed by atoms with Crippen LogP contribution in [-0.4, -0.2) is 84.6 Å². The highest BCUT2D eigenvalue weighted by atomic mass is 19.4. The Balaban J connectivity index is 1.27. The Morgan fingerprint density at radius 1 is 0.756 bits per heavy atom. The molecule has 1 fully saturated rings. The molecule has 5 atom stereocenters. The molecule has 5 rings (SSSR count). The monoisotopic (exact) mass is 644 g/mol. The molecule has 45 heavy (non-hydrogen) atoms. The first-order valence-electron chi connectivity index (χ1n) is 13.3. The second kappa shape index (κ2) is 13.2. The number of rotatable bonds is 10. The minimum atomic E-state index is -4.49. The second-order valence-corrected chi connectivity index (χ2v) is 9.90. The topological polar surface area (TPSA) is 139 Å². The summed E-state index contributed by atoms with van der Waals surface area (Å²) in [6.07, 6.45) is -11.9. The molecule has 18 heteroatoms. The van der Waals surface area contributed by atoms with Crippen LogP contribution in [0.4, 0.5) is 26.3 Å². The lowest BCUT2D eigenvalue weighted by atomic mass is 9.98. The third-order valence-corrected chi connectivity index (χ3v) is 6.88. The molecule has 2 aromatic heterocycles. The van der Waals surface area contributed by atoms with Crippen LogP contribution in [-0.2, 0) is 44.5 Å². The van der Waals surface area contributed by atoms with Crippen molar-refractivity contribution in [2.75, 3.05) is 13.7 Å². The van der Waals surface area contributed by atoms with Gasteiger partial charge in [0.2, 0.25) is 0 Å². The van der Waals surface area contributed by atoms with Gasteiger partial charge in [-0.2, -0.15) is 26.3 Å². The largest absolute Gasteiger partial charge is 0.416 e. The van der Waals surface area contributed by atoms with E-state index in [0.717, 1.165) is 24.3 Å². The molecule has 2 unspecified atom stereocenters. The van der Waals surface area contributed by atoms with Crippen LogP contribution in [0.2, 0.25) is 0 Å². The fraction of sp³-hybridized carbons (Fsp3) is 0.407. The van der Waals surface area contributed by atoms with E-state index >= 15 is 0 Å². The Kier molecular flexibility index (Phi) is 9.52. The number of aromatic nitrogens is 6. The lowest BCUT2D eigenvalue weighted by molar-refractivity contribution is -0.314. The number of aliphatic hydroxyl groups is 2. The van der Waals surface area contributed by atoms with Crippen LogP contribution in [0, 0.1) is 0 Å². The molecular formula is C27H26F6N6O6. The van der Waals surface area contributed by atoms with E-state index in [1.165, 1.54) is 53.1 Å². The van der Waals surface area contributed by atoms with Gasteiger partial charge in [0.05, 0.1) is 54.7 Å². The summed E-state index contributed by atoms with van der Waals surface area (Å²) in [4.78, 5) is 0. The first kappa shape index (κ1) is 32.5. The van der Waals surface area contributed by atoms with E-state index in [-0.39, 0.29) is 24.6 Å². The van der Waals surface area contributed by atoms with Crippen molar-refractivity contribution in [3.05, 3.63) is 83.4 Å².